The molecule has 4 rings (SSSR count). The molecule has 1 aromatic heterocycles. The van der Waals surface area contributed by atoms with E-state index in [1.54, 1.807) is 18.3 Å². The van der Waals surface area contributed by atoms with Crippen LogP contribution < -0.4 is 10.2 Å². The molecule has 0 saturated carbocycles. The summed E-state index contributed by atoms with van der Waals surface area (Å²) in [7, 11) is 1.30. The van der Waals surface area contributed by atoms with Crippen LogP contribution in [0.3, 0.4) is 0 Å². The van der Waals surface area contributed by atoms with Crippen LogP contribution >= 0.6 is 0 Å². The van der Waals surface area contributed by atoms with Crippen molar-refractivity contribution in [3.8, 4) is 0 Å². The molecule has 0 radical (unpaired) electrons. The number of benzene rings is 2. The van der Waals surface area contributed by atoms with Gasteiger partial charge >= 0.3 is 5.97 Å². The Labute approximate surface area is 171 Å². The molecule has 1 aliphatic rings. The van der Waals surface area contributed by atoms with E-state index >= 15 is 0 Å². The molecule has 1 fully saturated rings. The predicted octanol–water partition coefficient (Wildman–Crippen LogP) is 3.14. The molecule has 0 unspecified atom stereocenters. The fourth-order valence-corrected chi connectivity index (χ4v) is 3.34. The van der Waals surface area contributed by atoms with Crippen molar-refractivity contribution >= 4 is 28.5 Å². The summed E-state index contributed by atoms with van der Waals surface area (Å²) in [5.74, 6) is -1.16. The lowest BCUT2D eigenvalue weighted by Crippen LogP contribution is -2.36. The maximum Gasteiger partial charge on any atom is 0.337 e. The number of carbonyl (C=O) groups excluding carboxylic acids is 1. The second-order valence-electron chi connectivity index (χ2n) is 6.83. The van der Waals surface area contributed by atoms with Crippen LogP contribution in [-0.2, 0) is 16.0 Å². The first kappa shape index (κ1) is 20.0. The molecule has 0 spiro atoms. The quantitative estimate of drug-likeness (QED) is 0.643. The van der Waals surface area contributed by atoms with Gasteiger partial charge in [0.15, 0.2) is 0 Å². The van der Waals surface area contributed by atoms with Gasteiger partial charge < -0.3 is 19.7 Å². The highest BCUT2D eigenvalue weighted by Gasteiger charge is 2.17. The third kappa shape index (κ3) is 4.30. The van der Waals surface area contributed by atoms with Crippen LogP contribution in [0.5, 0.6) is 0 Å². The number of carbonyl (C=O) groups is 1. The van der Waals surface area contributed by atoms with E-state index in [2.05, 4.69) is 15.2 Å². The molecule has 7 nitrogen and oxygen atoms in total. The van der Waals surface area contributed by atoms with Crippen LogP contribution in [0.4, 0.5) is 20.3 Å². The maximum atomic E-state index is 13.5. The Bertz CT molecular complexity index is 1070. The number of methoxy groups -OCH3 is 1. The Hall–Kier alpha value is -3.33. The van der Waals surface area contributed by atoms with Crippen molar-refractivity contribution in [2.45, 2.75) is 6.54 Å². The van der Waals surface area contributed by atoms with Crippen molar-refractivity contribution in [2.24, 2.45) is 0 Å². The van der Waals surface area contributed by atoms with Crippen LogP contribution in [0.25, 0.3) is 11.0 Å². The zero-order valence-electron chi connectivity index (χ0n) is 16.3. The minimum atomic E-state index is -0.680. The van der Waals surface area contributed by atoms with Crippen molar-refractivity contribution in [2.75, 3.05) is 43.6 Å². The van der Waals surface area contributed by atoms with E-state index in [4.69, 9.17) is 14.5 Å². The van der Waals surface area contributed by atoms with Crippen molar-refractivity contribution in [3.63, 3.8) is 0 Å². The minimum Gasteiger partial charge on any atom is -0.465 e. The van der Waals surface area contributed by atoms with E-state index in [0.29, 0.717) is 54.3 Å². The van der Waals surface area contributed by atoms with E-state index in [1.807, 2.05) is 0 Å². The van der Waals surface area contributed by atoms with Crippen LogP contribution in [0.15, 0.2) is 36.5 Å². The van der Waals surface area contributed by atoms with Crippen molar-refractivity contribution in [3.05, 3.63) is 59.3 Å². The third-order valence-corrected chi connectivity index (χ3v) is 4.82. The topological polar surface area (TPSA) is 76.6 Å². The van der Waals surface area contributed by atoms with Gasteiger partial charge in [0, 0.05) is 31.4 Å². The Morgan fingerprint density at radius 1 is 1.17 bits per heavy atom. The number of hydrogen-bond acceptors (Lipinski definition) is 7. The highest BCUT2D eigenvalue weighted by atomic mass is 19.1. The van der Waals surface area contributed by atoms with Gasteiger partial charge in [-0.05, 0) is 29.8 Å². The van der Waals surface area contributed by atoms with Crippen molar-refractivity contribution in [1.29, 1.82) is 0 Å². The number of rotatable bonds is 5. The number of nitrogens with zero attached hydrogens (tertiary/aromatic N) is 3. The molecule has 3 aromatic rings. The lowest BCUT2D eigenvalue weighted by molar-refractivity contribution is 0.0600. The van der Waals surface area contributed by atoms with Gasteiger partial charge in [0.25, 0.3) is 0 Å². The Kier molecular flexibility index (Phi) is 5.71. The van der Waals surface area contributed by atoms with Gasteiger partial charge in [-0.3, -0.25) is 4.98 Å². The van der Waals surface area contributed by atoms with Crippen LogP contribution in [-0.4, -0.2) is 49.4 Å². The van der Waals surface area contributed by atoms with E-state index in [0.717, 1.165) is 6.07 Å². The fraction of sp³-hybridized carbons (Fsp3) is 0.286. The minimum absolute atomic E-state index is 0.186. The van der Waals surface area contributed by atoms with E-state index in [1.165, 1.54) is 19.2 Å². The van der Waals surface area contributed by atoms with Gasteiger partial charge in [-0.25, -0.2) is 18.6 Å². The zero-order chi connectivity index (χ0) is 21.1. The summed E-state index contributed by atoms with van der Waals surface area (Å²) < 4.78 is 37.2. The molecule has 0 aliphatic carbocycles. The van der Waals surface area contributed by atoms with Gasteiger partial charge in [0.1, 0.15) is 17.5 Å². The van der Waals surface area contributed by atoms with Gasteiger partial charge in [-0.2, -0.15) is 0 Å². The number of hydrogen-bond donors (Lipinski definition) is 1. The summed E-state index contributed by atoms with van der Waals surface area (Å²) in [6.07, 6.45) is 1.66. The normalized spacial score (nSPS) is 14.0. The number of ether oxygens (including phenoxy) is 2. The molecule has 1 N–H and O–H groups in total. The average molecular weight is 414 g/mol. The molecule has 2 aromatic carbocycles. The summed E-state index contributed by atoms with van der Waals surface area (Å²) in [5, 5.41) is 2.98. The number of esters is 1. The van der Waals surface area contributed by atoms with Crippen LogP contribution in [0.1, 0.15) is 15.9 Å². The maximum absolute atomic E-state index is 13.5. The molecular weight excluding hydrogens is 394 g/mol. The van der Waals surface area contributed by atoms with Gasteiger partial charge in [0.05, 0.1) is 43.1 Å². The molecule has 1 aliphatic heterocycles. The summed E-state index contributed by atoms with van der Waals surface area (Å²) in [6, 6.07) is 6.45. The highest BCUT2D eigenvalue weighted by Crippen LogP contribution is 2.24. The van der Waals surface area contributed by atoms with Crippen LogP contribution in [0, 0.1) is 11.6 Å². The lowest BCUT2D eigenvalue weighted by atomic mass is 10.1. The first-order valence-electron chi connectivity index (χ1n) is 9.44. The molecule has 156 valence electrons. The summed E-state index contributed by atoms with van der Waals surface area (Å²) in [6.45, 7) is 2.82. The molecule has 0 atom stereocenters. The van der Waals surface area contributed by atoms with E-state index in [9.17, 15) is 13.6 Å². The molecule has 30 heavy (non-hydrogen) atoms. The molecule has 2 heterocycles. The smallest absolute Gasteiger partial charge is 0.337 e. The number of morpholine rings is 1. The summed E-state index contributed by atoms with van der Waals surface area (Å²) in [5.41, 5.74) is 2.37. The van der Waals surface area contributed by atoms with E-state index < -0.39 is 17.6 Å². The standard InChI is InChI=1S/C21H20F2N4O3/c1-29-21(28)13-6-14(11-24-17-9-15(22)8-16(23)10-17)20-18(7-13)25-12-19(26-20)27-2-4-30-5-3-27/h6-10,12,24H,2-5,11H2,1H3. The number of aromatic nitrogens is 2. The first-order valence-corrected chi connectivity index (χ1v) is 9.44. The number of fused-ring (bicyclic) bond motifs is 1. The van der Waals surface area contributed by atoms with Gasteiger partial charge in [-0.1, -0.05) is 0 Å². The second-order valence-corrected chi connectivity index (χ2v) is 6.83. The number of nitrogens with one attached hydrogen (secondary N) is 1. The zero-order valence-corrected chi connectivity index (χ0v) is 16.3. The Morgan fingerprint density at radius 2 is 1.90 bits per heavy atom. The van der Waals surface area contributed by atoms with Crippen LogP contribution in [0.2, 0.25) is 0 Å². The van der Waals surface area contributed by atoms with Gasteiger partial charge in [-0.15, -0.1) is 0 Å². The SMILES string of the molecule is COC(=O)c1cc(CNc2cc(F)cc(F)c2)c2nc(N3CCOCC3)cnc2c1. The molecule has 0 amide bonds. The molecule has 1 saturated heterocycles. The summed E-state index contributed by atoms with van der Waals surface area (Å²) >= 11 is 0. The highest BCUT2D eigenvalue weighted by molar-refractivity contribution is 5.95. The first-order chi connectivity index (χ1) is 14.5. The molecule has 9 heteroatoms. The average Bonchev–Trinajstić information content (AvgIpc) is 2.76. The Morgan fingerprint density at radius 3 is 2.60 bits per heavy atom. The second kappa shape index (κ2) is 8.58. The fourth-order valence-electron chi connectivity index (χ4n) is 3.34. The van der Waals surface area contributed by atoms with E-state index in [-0.39, 0.29) is 12.2 Å². The van der Waals surface area contributed by atoms with Crippen molar-refractivity contribution < 1.29 is 23.0 Å². The monoisotopic (exact) mass is 414 g/mol. The largest absolute Gasteiger partial charge is 0.465 e. The number of anilines is 2. The van der Waals surface area contributed by atoms with Gasteiger partial charge in [0.2, 0.25) is 0 Å². The van der Waals surface area contributed by atoms with Crippen molar-refractivity contribution in [1.82, 2.24) is 9.97 Å². The third-order valence-electron chi connectivity index (χ3n) is 4.82. The molecular formula is C21H20F2N4O3. The molecule has 0 bridgehead atoms. The Balaban J connectivity index is 1.72. The lowest BCUT2D eigenvalue weighted by Gasteiger charge is -2.27. The summed E-state index contributed by atoms with van der Waals surface area (Å²) in [4.78, 5) is 23.4. The predicted molar refractivity (Wildman–Crippen MR) is 108 cm³/mol. The number of halogens is 2.